The molecule has 2 saturated heterocycles. The second-order valence-electron chi connectivity index (χ2n) is 20.7. The molecule has 6 aromatic rings. The molecule has 12 rings (SSSR count). The predicted molar refractivity (Wildman–Crippen MR) is 283 cm³/mol. The van der Waals surface area contributed by atoms with Crippen LogP contribution in [0.4, 0.5) is 9.59 Å². The Morgan fingerprint density at radius 2 is 1.09 bits per heavy atom. The van der Waals surface area contributed by atoms with Gasteiger partial charge in [0.15, 0.2) is 0 Å². The maximum Gasteiger partial charge on any atom is 0.407 e. The highest BCUT2D eigenvalue weighted by Crippen LogP contribution is 2.38. The van der Waals surface area contributed by atoms with Crippen LogP contribution in [-0.4, -0.2) is 144 Å². The third kappa shape index (κ3) is 10.8. The highest BCUT2D eigenvalue weighted by Gasteiger charge is 2.45. The molecule has 4 heterocycles. The van der Waals surface area contributed by atoms with Crippen LogP contribution in [0.1, 0.15) is 86.5 Å². The van der Waals surface area contributed by atoms with Gasteiger partial charge in [-0.1, -0.05) is 83.1 Å². The Bertz CT molecular complexity index is 3450. The molecule has 2 unspecified atom stereocenters. The van der Waals surface area contributed by atoms with E-state index in [1.165, 1.54) is 32.6 Å². The van der Waals surface area contributed by atoms with Gasteiger partial charge in [-0.25, -0.2) is 36.4 Å². The summed E-state index contributed by atoms with van der Waals surface area (Å²) >= 11 is 0. The van der Waals surface area contributed by atoms with Crippen molar-refractivity contribution in [2.24, 2.45) is 11.8 Å². The summed E-state index contributed by atoms with van der Waals surface area (Å²) in [5, 5.41) is 5.23. The van der Waals surface area contributed by atoms with E-state index in [0.717, 1.165) is 87.3 Å². The Hall–Kier alpha value is -6.88. The van der Waals surface area contributed by atoms with Gasteiger partial charge in [-0.2, -0.15) is 8.61 Å². The fourth-order valence-electron chi connectivity index (χ4n) is 10.4. The number of benzene rings is 4. The molecule has 0 spiro atoms. The molecular formula is C53H64N10O10S2. The molecule has 4 aromatic carbocycles. The fourth-order valence-corrected chi connectivity index (χ4v) is 11.9. The monoisotopic (exact) mass is 1060 g/mol. The molecule has 398 valence electrons. The topological polar surface area (TPSA) is 249 Å². The highest BCUT2D eigenvalue weighted by molar-refractivity contribution is 7.88. The number of nitrogens with one attached hydrogen (secondary N) is 4. The highest BCUT2D eigenvalue weighted by atomic mass is 32.2. The quantitative estimate of drug-likeness (QED) is 0.107. The number of imidazole rings is 2. The number of hydrogen-bond donors (Lipinski definition) is 4. The van der Waals surface area contributed by atoms with E-state index in [-0.39, 0.29) is 44.2 Å². The minimum absolute atomic E-state index is 0.0129. The molecule has 5 atom stereocenters. The van der Waals surface area contributed by atoms with Crippen LogP contribution in [0.3, 0.4) is 0 Å². The number of nitrogens with zero attached hydrogens (tertiary/aromatic N) is 6. The molecule has 2 aliphatic heterocycles. The van der Waals surface area contributed by atoms with Crippen molar-refractivity contribution < 1.29 is 45.5 Å². The summed E-state index contributed by atoms with van der Waals surface area (Å²) in [6.45, 7) is 8.96. The molecule has 4 aliphatic carbocycles. The number of hydrogen-bond acceptors (Lipinski definition) is 12. The van der Waals surface area contributed by atoms with Crippen molar-refractivity contribution in [3.8, 4) is 22.3 Å². The molecule has 4 bridgehead atoms. The normalized spacial score (nSPS) is 19.4. The van der Waals surface area contributed by atoms with Gasteiger partial charge in [-0.3, -0.25) is 9.59 Å². The first-order valence-corrected chi connectivity index (χ1v) is 28.7. The van der Waals surface area contributed by atoms with E-state index < -0.39 is 68.2 Å². The Morgan fingerprint density at radius 3 is 1.55 bits per heavy atom. The molecule has 2 aromatic heterocycles. The van der Waals surface area contributed by atoms with Crippen LogP contribution in [0.2, 0.25) is 0 Å². The van der Waals surface area contributed by atoms with E-state index >= 15 is 0 Å². The fraction of sp³-hybridized carbons (Fsp3) is 0.434. The third-order valence-electron chi connectivity index (χ3n) is 14.8. The van der Waals surface area contributed by atoms with Gasteiger partial charge in [0.05, 0.1) is 62.1 Å². The Morgan fingerprint density at radius 1 is 0.627 bits per heavy atom. The van der Waals surface area contributed by atoms with Crippen molar-refractivity contribution in [2.45, 2.75) is 84.0 Å². The SMILES string of the molecule is COC(=O)NC(C(=O)N1CN(S(C)(=O)=O)C[C@H]1c1nc2ccc(-c3cc4ccc3CCc3ccc(c(-c5ccc6nc([C@@H]7CN(S(C)(=O)=O)CN7C(=O)C(NC(=O)OC)C(C)C)[nH]c6c5)c3)C[C@H]4C)cc2[nH]1)C(C)C. The van der Waals surface area contributed by atoms with Crippen molar-refractivity contribution >= 4 is 66.1 Å². The lowest BCUT2D eigenvalue weighted by atomic mass is 9.84. The van der Waals surface area contributed by atoms with E-state index in [1.807, 2.05) is 36.4 Å². The molecule has 4 N–H and O–H groups in total. The second kappa shape index (κ2) is 20.7. The predicted octanol–water partition coefficient (Wildman–Crippen LogP) is 6.18. The summed E-state index contributed by atoms with van der Waals surface area (Å²) in [5.41, 5.74) is 11.5. The van der Waals surface area contributed by atoms with Gasteiger partial charge in [0, 0.05) is 13.1 Å². The first-order chi connectivity index (χ1) is 35.5. The van der Waals surface area contributed by atoms with Crippen LogP contribution in [0.15, 0.2) is 72.8 Å². The number of methoxy groups -OCH3 is 2. The Kier molecular flexibility index (Phi) is 14.6. The Balaban J connectivity index is 0.991. The van der Waals surface area contributed by atoms with Crippen molar-refractivity contribution in [1.82, 2.24) is 49.0 Å². The number of aryl methyl sites for hydroxylation is 2. The second-order valence-corrected chi connectivity index (χ2v) is 24.6. The van der Waals surface area contributed by atoms with Crippen molar-refractivity contribution in [2.75, 3.05) is 53.2 Å². The smallest absolute Gasteiger partial charge is 0.407 e. The largest absolute Gasteiger partial charge is 0.453 e. The zero-order chi connectivity index (χ0) is 53.8. The summed E-state index contributed by atoms with van der Waals surface area (Å²) in [6.07, 6.45) is 2.90. The van der Waals surface area contributed by atoms with Crippen LogP contribution < -0.4 is 10.6 Å². The number of aromatic nitrogens is 4. The standard InChI is InChI=1S/C53H64N10O10S2/c1-29(2)46(58-52(66)72-6)50(64)62-27-60(74(8,68)69)25-44(62)48-54-40-18-16-36(23-42(40)56-48)38-21-32-10-12-33-14-15-34(31(5)20-35(38)13-11-32)22-39(33)37-17-19-41-43(24-37)57-49(55-41)45-26-61(75(9,70)71)28-63(45)51(65)47(30(3)4)59-53(67)73-7/h11,13-19,21-24,29-31,44-47H,10,12,20,25-28H2,1-9H3,(H,54,56)(H,55,57)(H,58,66)(H,59,67)/t31-,44+,45+,46?,47?/m1/s1. The molecule has 22 heteroatoms. The van der Waals surface area contributed by atoms with Gasteiger partial charge < -0.3 is 39.9 Å². The molecule has 2 fully saturated rings. The first-order valence-electron chi connectivity index (χ1n) is 25.0. The van der Waals surface area contributed by atoms with Gasteiger partial charge in [0.25, 0.3) is 0 Å². The number of H-pyrrole nitrogens is 2. The number of alkyl carbamates (subject to hydrolysis) is 2. The van der Waals surface area contributed by atoms with Gasteiger partial charge in [-0.05, 0) is 106 Å². The summed E-state index contributed by atoms with van der Waals surface area (Å²) in [7, 11) is -4.95. The minimum atomic E-state index is -3.69. The van der Waals surface area contributed by atoms with Crippen LogP contribution in [-0.2, 0) is 58.4 Å². The number of carbonyl (C=O) groups is 4. The summed E-state index contributed by atoms with van der Waals surface area (Å²) in [5.74, 6) is -0.583. The van der Waals surface area contributed by atoms with E-state index in [1.54, 1.807) is 27.7 Å². The molecule has 20 nitrogen and oxygen atoms in total. The summed E-state index contributed by atoms with van der Waals surface area (Å²) in [6, 6.07) is 22.0. The first kappa shape index (κ1) is 53.0. The molecule has 6 aliphatic rings. The molecule has 4 amide bonds. The number of aromatic amines is 2. The molecular weight excluding hydrogens is 1000 g/mol. The van der Waals surface area contributed by atoms with Crippen LogP contribution in [0.25, 0.3) is 44.3 Å². The van der Waals surface area contributed by atoms with Crippen LogP contribution in [0, 0.1) is 11.8 Å². The van der Waals surface area contributed by atoms with Crippen molar-refractivity contribution in [3.05, 3.63) is 107 Å². The third-order valence-corrected chi connectivity index (χ3v) is 17.2. The zero-order valence-electron chi connectivity index (χ0n) is 43.5. The number of ether oxygens (including phenoxy) is 2. The maximum atomic E-state index is 14.1. The number of carbonyl (C=O) groups excluding carboxylic acids is 4. The minimum Gasteiger partial charge on any atom is -0.453 e. The number of sulfonamides is 2. The summed E-state index contributed by atoms with van der Waals surface area (Å²) in [4.78, 5) is 72.2. The maximum absolute atomic E-state index is 14.1. The van der Waals surface area contributed by atoms with Crippen LogP contribution in [0.5, 0.6) is 0 Å². The average Bonchev–Trinajstić information content (AvgIpc) is 4.20. The Labute approximate surface area is 436 Å². The molecule has 0 saturated carbocycles. The van der Waals surface area contributed by atoms with Crippen LogP contribution >= 0.6 is 0 Å². The van der Waals surface area contributed by atoms with Crippen molar-refractivity contribution in [1.29, 1.82) is 0 Å². The lowest BCUT2D eigenvalue weighted by Gasteiger charge is -2.29. The van der Waals surface area contributed by atoms with E-state index in [4.69, 9.17) is 19.4 Å². The molecule has 75 heavy (non-hydrogen) atoms. The van der Waals surface area contributed by atoms with Gasteiger partial charge >= 0.3 is 12.2 Å². The van der Waals surface area contributed by atoms with E-state index in [0.29, 0.717) is 22.7 Å². The van der Waals surface area contributed by atoms with Crippen molar-refractivity contribution in [3.63, 3.8) is 0 Å². The number of amides is 4. The molecule has 0 radical (unpaired) electrons. The van der Waals surface area contributed by atoms with Gasteiger partial charge in [0.1, 0.15) is 35.8 Å². The zero-order valence-corrected chi connectivity index (χ0v) is 45.1. The van der Waals surface area contributed by atoms with Gasteiger partial charge in [-0.15, -0.1) is 0 Å². The van der Waals surface area contributed by atoms with E-state index in [2.05, 4.69) is 63.9 Å². The lowest BCUT2D eigenvalue weighted by molar-refractivity contribution is -0.136. The van der Waals surface area contributed by atoms with Gasteiger partial charge in [0.2, 0.25) is 31.9 Å². The lowest BCUT2D eigenvalue weighted by Crippen LogP contribution is -2.51. The number of fused-ring (bicyclic) bond motifs is 2. The van der Waals surface area contributed by atoms with E-state index in [9.17, 15) is 36.0 Å². The average molecular weight is 1070 g/mol. The summed E-state index contributed by atoms with van der Waals surface area (Å²) < 4.78 is 63.4. The number of rotatable bonds is 12.